The molecule has 0 amide bonds. The van der Waals surface area contributed by atoms with Gasteiger partial charge in [0.25, 0.3) is 5.82 Å². The molecule has 2 N–H and O–H groups in total. The van der Waals surface area contributed by atoms with E-state index in [9.17, 15) is 10.4 Å². The lowest BCUT2D eigenvalue weighted by molar-refractivity contribution is -0.829. The van der Waals surface area contributed by atoms with Crippen LogP contribution in [-0.2, 0) is 0 Å². The van der Waals surface area contributed by atoms with Gasteiger partial charge in [-0.3, -0.25) is 9.84 Å². The molecule has 0 fully saturated rings. The molecule has 8 heteroatoms. The van der Waals surface area contributed by atoms with Crippen LogP contribution in [0.3, 0.4) is 0 Å². The summed E-state index contributed by atoms with van der Waals surface area (Å²) in [5, 5.41) is 29.0. The fourth-order valence-electron chi connectivity index (χ4n) is 0.742. The third kappa shape index (κ3) is 2.09. The molecule has 0 saturated carbocycles. The van der Waals surface area contributed by atoms with E-state index in [1.807, 2.05) is 0 Å². The Balaban J connectivity index is 3.12. The lowest BCUT2D eigenvalue weighted by Crippen LogP contribution is -2.28. The predicted molar refractivity (Wildman–Crippen MR) is 45.3 cm³/mol. The molecule has 1 rings (SSSR count). The second-order valence-corrected chi connectivity index (χ2v) is 3.68. The molecule has 0 aliphatic rings. The molecule has 78 valence electrons. The summed E-state index contributed by atoms with van der Waals surface area (Å²) in [4.78, 5) is 0.0242. The smallest absolute Gasteiger partial charge is 0.582 e. The van der Waals surface area contributed by atoms with Crippen LogP contribution in [0, 0.1) is 10.4 Å². The van der Waals surface area contributed by atoms with E-state index in [1.54, 1.807) is 20.8 Å². The van der Waals surface area contributed by atoms with E-state index >= 15 is 0 Å². The standard InChI is InChI=1S/C6H11N5O3/c1-6(2,3)9-10(12)5-4(7)8-14-11(5)13/h1-3H3,(H2,7,8). The Morgan fingerprint density at radius 2 is 2.14 bits per heavy atom. The summed E-state index contributed by atoms with van der Waals surface area (Å²) < 4.78 is 4.12. The van der Waals surface area contributed by atoms with Gasteiger partial charge >= 0.3 is 5.82 Å². The highest BCUT2D eigenvalue weighted by Crippen LogP contribution is 2.16. The molecule has 8 nitrogen and oxygen atoms in total. The molecule has 0 aliphatic carbocycles. The van der Waals surface area contributed by atoms with Gasteiger partial charge in [-0.1, -0.05) is 0 Å². The summed E-state index contributed by atoms with van der Waals surface area (Å²) in [5.74, 6) is -0.747. The van der Waals surface area contributed by atoms with Crippen molar-refractivity contribution < 1.29 is 14.4 Å². The summed E-state index contributed by atoms with van der Waals surface area (Å²) in [6.07, 6.45) is 0. The number of nitrogens with two attached hydrogens (primary N) is 1. The van der Waals surface area contributed by atoms with Crippen LogP contribution >= 0.6 is 0 Å². The number of nitrogen functional groups attached to an aromatic ring is 1. The average molecular weight is 201 g/mol. The van der Waals surface area contributed by atoms with E-state index in [1.165, 1.54) is 0 Å². The third-order valence-corrected chi connectivity index (χ3v) is 1.19. The Kier molecular flexibility index (Phi) is 2.28. The summed E-state index contributed by atoms with van der Waals surface area (Å²) in [6.45, 7) is 5.12. The Morgan fingerprint density at radius 3 is 2.50 bits per heavy atom. The zero-order valence-corrected chi connectivity index (χ0v) is 8.09. The Morgan fingerprint density at radius 1 is 1.57 bits per heavy atom. The van der Waals surface area contributed by atoms with Gasteiger partial charge in [-0.25, -0.2) is 0 Å². The number of aromatic nitrogens is 2. The highest BCUT2D eigenvalue weighted by molar-refractivity contribution is 5.39. The van der Waals surface area contributed by atoms with E-state index in [4.69, 9.17) is 5.73 Å². The van der Waals surface area contributed by atoms with E-state index < -0.39 is 11.4 Å². The molecular weight excluding hydrogens is 190 g/mol. The van der Waals surface area contributed by atoms with Crippen molar-refractivity contribution in [1.82, 2.24) is 5.16 Å². The van der Waals surface area contributed by atoms with Gasteiger partial charge in [0, 0.05) is 4.86 Å². The maximum Gasteiger partial charge on any atom is 0.582 e. The van der Waals surface area contributed by atoms with Gasteiger partial charge in [0.2, 0.25) is 0 Å². The van der Waals surface area contributed by atoms with Gasteiger partial charge in [-0.15, -0.1) is 5.16 Å². The van der Waals surface area contributed by atoms with Crippen LogP contribution in [0.15, 0.2) is 9.74 Å². The summed E-state index contributed by atoms with van der Waals surface area (Å²) >= 11 is 0. The fraction of sp³-hybridized carbons (Fsp3) is 0.667. The van der Waals surface area contributed by atoms with E-state index in [-0.39, 0.29) is 15.6 Å². The molecular formula is C6H11N5O3. The minimum atomic E-state index is -0.613. The van der Waals surface area contributed by atoms with Gasteiger partial charge in [0.15, 0.2) is 0 Å². The first kappa shape index (κ1) is 10.2. The van der Waals surface area contributed by atoms with E-state index in [2.05, 4.69) is 14.9 Å². The first-order chi connectivity index (χ1) is 6.31. The van der Waals surface area contributed by atoms with Crippen LogP contribution in [0.1, 0.15) is 20.8 Å². The monoisotopic (exact) mass is 201 g/mol. The van der Waals surface area contributed by atoms with Crippen LogP contribution in [-0.4, -0.2) is 15.6 Å². The normalized spacial score (nSPS) is 13.2. The van der Waals surface area contributed by atoms with Crippen molar-refractivity contribution in [2.75, 3.05) is 5.73 Å². The van der Waals surface area contributed by atoms with Gasteiger partial charge in [-0.2, -0.15) is 0 Å². The number of hydrogen-bond donors (Lipinski definition) is 1. The summed E-state index contributed by atoms with van der Waals surface area (Å²) in [6, 6.07) is 0. The van der Waals surface area contributed by atoms with Crippen LogP contribution in [0.4, 0.5) is 11.6 Å². The highest BCUT2D eigenvalue weighted by Gasteiger charge is 2.30. The maximum absolute atomic E-state index is 11.3. The first-order valence-electron chi connectivity index (χ1n) is 3.86. The van der Waals surface area contributed by atoms with Crippen molar-refractivity contribution in [1.29, 1.82) is 0 Å². The van der Waals surface area contributed by atoms with Crippen molar-refractivity contribution >= 4 is 11.6 Å². The van der Waals surface area contributed by atoms with Crippen molar-refractivity contribution in [3.63, 3.8) is 0 Å². The van der Waals surface area contributed by atoms with Crippen LogP contribution < -0.4 is 10.6 Å². The third-order valence-electron chi connectivity index (χ3n) is 1.19. The molecule has 1 aromatic rings. The molecule has 0 saturated heterocycles. The number of nitrogens with zero attached hydrogens (tertiary/aromatic N) is 4. The number of anilines is 1. The number of hydrogen-bond acceptors (Lipinski definition) is 6. The van der Waals surface area contributed by atoms with Gasteiger partial charge in [-0.05, 0) is 25.9 Å². The Labute approximate surface area is 79.7 Å². The largest absolute Gasteiger partial charge is 0.589 e. The molecule has 0 aromatic carbocycles. The Bertz CT molecular complexity index is 345. The van der Waals surface area contributed by atoms with Crippen LogP contribution in [0.25, 0.3) is 0 Å². The Hall–Kier alpha value is -1.86. The zero-order chi connectivity index (χ0) is 10.9. The summed E-state index contributed by atoms with van der Waals surface area (Å²) in [7, 11) is 0. The molecule has 0 spiro atoms. The molecule has 0 bridgehead atoms. The zero-order valence-electron chi connectivity index (χ0n) is 8.09. The van der Waals surface area contributed by atoms with Gasteiger partial charge < -0.3 is 10.9 Å². The van der Waals surface area contributed by atoms with Crippen molar-refractivity contribution in [3.05, 3.63) is 10.4 Å². The van der Waals surface area contributed by atoms with Crippen LogP contribution in [0.2, 0.25) is 0 Å². The topological polar surface area (TPSA) is 117 Å². The SMILES string of the molecule is CC(C)(C)N=[N+]([O-])c1c(N)no[n+]1[O-]. The molecule has 0 unspecified atom stereocenters. The second kappa shape index (κ2) is 3.13. The average Bonchev–Trinajstić information content (AvgIpc) is 2.27. The van der Waals surface area contributed by atoms with Crippen molar-refractivity contribution in [2.45, 2.75) is 26.3 Å². The van der Waals surface area contributed by atoms with Gasteiger partial charge in [0.05, 0.1) is 0 Å². The molecule has 0 aliphatic heterocycles. The molecule has 14 heavy (non-hydrogen) atoms. The van der Waals surface area contributed by atoms with Crippen molar-refractivity contribution in [2.24, 2.45) is 5.11 Å². The quantitative estimate of drug-likeness (QED) is 0.303. The molecule has 1 heterocycles. The fourth-order valence-corrected chi connectivity index (χ4v) is 0.742. The maximum atomic E-state index is 11.3. The van der Waals surface area contributed by atoms with Crippen molar-refractivity contribution in [3.8, 4) is 0 Å². The predicted octanol–water partition coefficient (Wildman–Crippen LogP) is 0.283. The van der Waals surface area contributed by atoms with Crippen LogP contribution in [0.5, 0.6) is 0 Å². The van der Waals surface area contributed by atoms with Gasteiger partial charge in [0.1, 0.15) is 10.4 Å². The summed E-state index contributed by atoms with van der Waals surface area (Å²) in [5.41, 5.74) is 4.62. The second-order valence-electron chi connectivity index (χ2n) is 3.68. The van der Waals surface area contributed by atoms with E-state index in [0.29, 0.717) is 0 Å². The van der Waals surface area contributed by atoms with E-state index in [0.717, 1.165) is 0 Å². The highest BCUT2D eigenvalue weighted by atomic mass is 16.8. The lowest BCUT2D eigenvalue weighted by atomic mass is 10.1. The molecule has 0 radical (unpaired) electrons. The number of rotatable bonds is 1. The lowest BCUT2D eigenvalue weighted by Gasteiger charge is -2.06. The minimum absolute atomic E-state index is 0.0857. The first-order valence-corrected chi connectivity index (χ1v) is 3.86. The molecule has 1 aromatic heterocycles. The molecule has 0 atom stereocenters. The number of azo groups is 1. The minimum Gasteiger partial charge on any atom is -0.589 e.